The first-order chi connectivity index (χ1) is 14.0. The van der Waals surface area contributed by atoms with Gasteiger partial charge in [0, 0.05) is 28.2 Å². The third-order valence-corrected chi connectivity index (χ3v) is 5.92. The van der Waals surface area contributed by atoms with E-state index < -0.39 is 0 Å². The lowest BCUT2D eigenvalue weighted by molar-refractivity contribution is 0.282. The zero-order chi connectivity index (χ0) is 20.8. The van der Waals surface area contributed by atoms with Gasteiger partial charge in [0.25, 0.3) is 0 Å². The first kappa shape index (κ1) is 22.0. The van der Waals surface area contributed by atoms with E-state index >= 15 is 0 Å². The Morgan fingerprint density at radius 1 is 1.00 bits per heavy atom. The van der Waals surface area contributed by atoms with Crippen molar-refractivity contribution in [2.75, 3.05) is 7.11 Å². The number of benzene rings is 3. The van der Waals surface area contributed by atoms with E-state index in [2.05, 4.69) is 40.3 Å². The fourth-order valence-electron chi connectivity index (χ4n) is 2.96. The third kappa shape index (κ3) is 5.67. The molecule has 0 radical (unpaired) electrons. The van der Waals surface area contributed by atoms with Crippen molar-refractivity contribution in [3.8, 4) is 11.5 Å². The molecule has 0 aliphatic carbocycles. The zero-order valence-electron chi connectivity index (χ0n) is 16.2. The normalized spacial score (nSPS) is 11.9. The number of nitrogens with one attached hydrogen (secondary N) is 1. The monoisotopic (exact) mass is 493 g/mol. The summed E-state index contributed by atoms with van der Waals surface area (Å²) in [6.45, 7) is 3.09. The number of ether oxygens (including phenoxy) is 2. The molecule has 0 amide bonds. The molecule has 152 valence electrons. The number of halogens is 3. The zero-order valence-corrected chi connectivity index (χ0v) is 19.3. The molecule has 0 bridgehead atoms. The molecule has 0 saturated carbocycles. The van der Waals surface area contributed by atoms with Gasteiger partial charge in [0.1, 0.15) is 6.61 Å². The van der Waals surface area contributed by atoms with Gasteiger partial charge in [-0.05, 0) is 58.2 Å². The summed E-state index contributed by atoms with van der Waals surface area (Å²) in [5.74, 6) is 1.26. The van der Waals surface area contributed by atoms with E-state index in [4.69, 9.17) is 32.7 Å². The van der Waals surface area contributed by atoms with Crippen LogP contribution in [0, 0.1) is 0 Å². The third-order valence-electron chi connectivity index (χ3n) is 4.62. The molecule has 0 unspecified atom stereocenters. The van der Waals surface area contributed by atoms with Crippen molar-refractivity contribution in [2.24, 2.45) is 0 Å². The molecule has 3 aromatic rings. The van der Waals surface area contributed by atoms with Crippen molar-refractivity contribution in [3.63, 3.8) is 0 Å². The standard InChI is InChI=1S/C23H22BrCl2NO2/c1-15(17-7-4-3-5-8-17)27-13-16-11-19(24)23(22(12-16)28-2)29-14-18-20(25)9-6-10-21(18)26/h3-12,15,27H,13-14H2,1-2H3/t15-/m0/s1. The van der Waals surface area contributed by atoms with Crippen LogP contribution in [0.15, 0.2) is 65.1 Å². The maximum Gasteiger partial charge on any atom is 0.175 e. The van der Waals surface area contributed by atoms with Gasteiger partial charge < -0.3 is 14.8 Å². The van der Waals surface area contributed by atoms with E-state index in [-0.39, 0.29) is 12.6 Å². The lowest BCUT2D eigenvalue weighted by atomic mass is 10.1. The van der Waals surface area contributed by atoms with Crippen LogP contribution in [0.2, 0.25) is 10.0 Å². The Labute approximate surface area is 190 Å². The first-order valence-electron chi connectivity index (χ1n) is 9.20. The maximum absolute atomic E-state index is 6.24. The summed E-state index contributed by atoms with van der Waals surface area (Å²) in [6.07, 6.45) is 0. The molecule has 29 heavy (non-hydrogen) atoms. The Morgan fingerprint density at radius 2 is 1.69 bits per heavy atom. The second-order valence-corrected chi connectivity index (χ2v) is 8.28. The van der Waals surface area contributed by atoms with Crippen molar-refractivity contribution in [2.45, 2.75) is 26.1 Å². The molecular formula is C23H22BrCl2NO2. The van der Waals surface area contributed by atoms with E-state index in [1.807, 2.05) is 36.4 Å². The van der Waals surface area contributed by atoms with Gasteiger partial charge in [-0.2, -0.15) is 0 Å². The molecule has 3 nitrogen and oxygen atoms in total. The van der Waals surface area contributed by atoms with Crippen LogP contribution in [0.1, 0.15) is 29.7 Å². The summed E-state index contributed by atoms with van der Waals surface area (Å²) in [5, 5.41) is 4.68. The Bertz CT molecular complexity index is 946. The molecule has 1 N–H and O–H groups in total. The van der Waals surface area contributed by atoms with Crippen LogP contribution in [-0.4, -0.2) is 7.11 Å². The summed E-state index contributed by atoms with van der Waals surface area (Å²) >= 11 is 16.1. The molecule has 0 aliphatic rings. The molecule has 0 heterocycles. The summed E-state index contributed by atoms with van der Waals surface area (Å²) < 4.78 is 12.4. The Kier molecular flexibility index (Phi) is 7.84. The molecule has 0 aromatic heterocycles. The Morgan fingerprint density at radius 3 is 2.34 bits per heavy atom. The van der Waals surface area contributed by atoms with Crippen molar-refractivity contribution < 1.29 is 9.47 Å². The average molecular weight is 495 g/mol. The van der Waals surface area contributed by atoms with E-state index in [1.54, 1.807) is 19.2 Å². The van der Waals surface area contributed by atoms with Crippen molar-refractivity contribution in [1.29, 1.82) is 0 Å². The van der Waals surface area contributed by atoms with Gasteiger partial charge in [-0.15, -0.1) is 0 Å². The highest BCUT2D eigenvalue weighted by Crippen LogP contribution is 2.38. The van der Waals surface area contributed by atoms with Crippen LogP contribution < -0.4 is 14.8 Å². The number of hydrogen-bond acceptors (Lipinski definition) is 3. The molecular weight excluding hydrogens is 473 g/mol. The number of methoxy groups -OCH3 is 1. The van der Waals surface area contributed by atoms with Crippen molar-refractivity contribution >= 4 is 39.1 Å². The van der Waals surface area contributed by atoms with Crippen molar-refractivity contribution in [3.05, 3.63) is 91.9 Å². The van der Waals surface area contributed by atoms with Crippen molar-refractivity contribution in [1.82, 2.24) is 5.32 Å². The molecule has 6 heteroatoms. The largest absolute Gasteiger partial charge is 0.493 e. The second-order valence-electron chi connectivity index (χ2n) is 6.61. The highest BCUT2D eigenvalue weighted by atomic mass is 79.9. The highest BCUT2D eigenvalue weighted by Gasteiger charge is 2.15. The lowest BCUT2D eigenvalue weighted by Crippen LogP contribution is -2.18. The van der Waals surface area contributed by atoms with Crippen LogP contribution >= 0.6 is 39.1 Å². The summed E-state index contributed by atoms with van der Waals surface area (Å²) in [6, 6.07) is 20.0. The van der Waals surface area contributed by atoms with Gasteiger partial charge >= 0.3 is 0 Å². The van der Waals surface area contributed by atoms with Gasteiger partial charge in [-0.25, -0.2) is 0 Å². The van der Waals surface area contributed by atoms with E-state index in [9.17, 15) is 0 Å². The SMILES string of the molecule is COc1cc(CN[C@@H](C)c2ccccc2)cc(Br)c1OCc1c(Cl)cccc1Cl. The fraction of sp³-hybridized carbons (Fsp3) is 0.217. The number of hydrogen-bond donors (Lipinski definition) is 1. The molecule has 0 spiro atoms. The molecule has 0 fully saturated rings. The van der Waals surface area contributed by atoms with E-state index in [1.165, 1.54) is 5.56 Å². The molecule has 0 saturated heterocycles. The molecule has 3 aromatic carbocycles. The van der Waals surface area contributed by atoms with E-state index in [0.717, 1.165) is 15.6 Å². The van der Waals surface area contributed by atoms with Crippen LogP contribution in [0.5, 0.6) is 11.5 Å². The molecule has 0 aliphatic heterocycles. The summed E-state index contributed by atoms with van der Waals surface area (Å²) in [4.78, 5) is 0. The summed E-state index contributed by atoms with van der Waals surface area (Å²) in [5.41, 5.74) is 3.07. The first-order valence-corrected chi connectivity index (χ1v) is 10.7. The van der Waals surface area contributed by atoms with Gasteiger partial charge in [0.05, 0.1) is 11.6 Å². The predicted octanol–water partition coefficient (Wildman–Crippen LogP) is 7.19. The molecule has 1 atom stereocenters. The minimum absolute atomic E-state index is 0.235. The topological polar surface area (TPSA) is 30.5 Å². The maximum atomic E-state index is 6.24. The van der Waals surface area contributed by atoms with Crippen LogP contribution in [0.25, 0.3) is 0 Å². The minimum Gasteiger partial charge on any atom is -0.493 e. The Hall–Kier alpha value is -1.72. The van der Waals surface area contributed by atoms with Gasteiger partial charge in [0.15, 0.2) is 11.5 Å². The van der Waals surface area contributed by atoms with Crippen LogP contribution in [0.3, 0.4) is 0 Å². The van der Waals surface area contributed by atoms with Gasteiger partial charge in [0.2, 0.25) is 0 Å². The highest BCUT2D eigenvalue weighted by molar-refractivity contribution is 9.10. The average Bonchev–Trinajstić information content (AvgIpc) is 2.73. The number of rotatable bonds is 8. The second kappa shape index (κ2) is 10.4. The van der Waals surface area contributed by atoms with Gasteiger partial charge in [-0.1, -0.05) is 59.6 Å². The minimum atomic E-state index is 0.235. The lowest BCUT2D eigenvalue weighted by Gasteiger charge is -2.17. The molecule has 3 rings (SSSR count). The smallest absolute Gasteiger partial charge is 0.175 e. The van der Waals surface area contributed by atoms with Crippen LogP contribution in [-0.2, 0) is 13.2 Å². The fourth-order valence-corrected chi connectivity index (χ4v) is 4.07. The van der Waals surface area contributed by atoms with E-state index in [0.29, 0.717) is 28.1 Å². The quantitative estimate of drug-likeness (QED) is 0.359. The predicted molar refractivity (Wildman–Crippen MR) is 123 cm³/mol. The van der Waals surface area contributed by atoms with Gasteiger partial charge in [-0.3, -0.25) is 0 Å². The summed E-state index contributed by atoms with van der Waals surface area (Å²) in [7, 11) is 1.63. The van der Waals surface area contributed by atoms with Crippen LogP contribution in [0.4, 0.5) is 0 Å². The Balaban J connectivity index is 1.72.